The van der Waals surface area contributed by atoms with Crippen molar-refractivity contribution in [1.82, 2.24) is 14.1 Å². The number of sulfonamides is 1. The van der Waals surface area contributed by atoms with E-state index in [-0.39, 0.29) is 31.2 Å². The summed E-state index contributed by atoms with van der Waals surface area (Å²) in [4.78, 5) is 15.6. The highest BCUT2D eigenvalue weighted by molar-refractivity contribution is 7.88. The van der Waals surface area contributed by atoms with E-state index in [0.29, 0.717) is 40.8 Å². The van der Waals surface area contributed by atoms with E-state index in [0.717, 1.165) is 11.1 Å². The van der Waals surface area contributed by atoms with Crippen molar-refractivity contribution in [1.29, 1.82) is 0 Å². The number of hydrogen-bond acceptors (Lipinski definition) is 7. The number of piperazine rings is 1. The van der Waals surface area contributed by atoms with Gasteiger partial charge < -0.3 is 15.4 Å². The Hall–Kier alpha value is -3.77. The number of benzene rings is 3. The van der Waals surface area contributed by atoms with E-state index in [1.165, 1.54) is 21.3 Å². The van der Waals surface area contributed by atoms with Gasteiger partial charge in [0.1, 0.15) is 17.3 Å². The number of hydrogen-bond donors (Lipinski definition) is 1. The van der Waals surface area contributed by atoms with Gasteiger partial charge in [0.15, 0.2) is 0 Å². The van der Waals surface area contributed by atoms with Crippen molar-refractivity contribution in [3.05, 3.63) is 99.7 Å². The quantitative estimate of drug-likeness (QED) is 0.350. The van der Waals surface area contributed by atoms with Crippen molar-refractivity contribution < 1.29 is 17.5 Å². The van der Waals surface area contributed by atoms with Crippen molar-refractivity contribution >= 4 is 27.3 Å². The molecule has 1 fully saturated rings. The van der Waals surface area contributed by atoms with Crippen LogP contribution in [0.4, 0.5) is 10.1 Å². The maximum atomic E-state index is 13.9. The maximum Gasteiger partial charge on any atom is 0.316 e. The number of halogens is 2. The van der Waals surface area contributed by atoms with E-state index in [1.54, 1.807) is 54.7 Å². The number of nitrogens with zero attached hydrogens (tertiary/aromatic N) is 4. The molecule has 3 aromatic carbocycles. The summed E-state index contributed by atoms with van der Waals surface area (Å²) in [5, 5.41) is 4.89. The molecule has 0 saturated carbocycles. The van der Waals surface area contributed by atoms with Gasteiger partial charge in [-0.25, -0.2) is 12.8 Å². The van der Waals surface area contributed by atoms with Gasteiger partial charge in [-0.1, -0.05) is 29.8 Å². The van der Waals surface area contributed by atoms with Crippen molar-refractivity contribution in [2.45, 2.75) is 6.54 Å². The number of nitrogens with two attached hydrogens (primary N) is 1. The molecule has 0 aliphatic carbocycles. The largest absolute Gasteiger partial charge is 0.449 e. The van der Waals surface area contributed by atoms with Crippen LogP contribution in [0, 0.1) is 5.82 Å². The molecule has 4 aromatic rings. The third-order valence-electron chi connectivity index (χ3n) is 6.71. The minimum atomic E-state index is -3.32. The normalized spacial score (nSPS) is 14.3. The van der Waals surface area contributed by atoms with E-state index < -0.39 is 15.6 Å². The van der Waals surface area contributed by atoms with Crippen molar-refractivity contribution in [2.75, 3.05) is 37.3 Å². The smallest absolute Gasteiger partial charge is 0.316 e. The van der Waals surface area contributed by atoms with E-state index >= 15 is 0 Å². The molecule has 9 nitrogen and oxygen atoms in total. The molecule has 0 atom stereocenters. The van der Waals surface area contributed by atoms with Crippen LogP contribution in [0.3, 0.4) is 0 Å². The summed E-state index contributed by atoms with van der Waals surface area (Å²) in [5.74, 6) is 0.107. The second-order valence-electron chi connectivity index (χ2n) is 9.34. The van der Waals surface area contributed by atoms with Crippen LogP contribution in [0.5, 0.6) is 11.5 Å². The predicted molar refractivity (Wildman–Crippen MR) is 153 cm³/mol. The molecule has 1 aromatic heterocycles. The van der Waals surface area contributed by atoms with Crippen molar-refractivity contribution in [3.63, 3.8) is 0 Å². The van der Waals surface area contributed by atoms with Gasteiger partial charge in [0.25, 0.3) is 0 Å². The Morgan fingerprint density at radius 2 is 1.62 bits per heavy atom. The fraction of sp³-hybridized carbons (Fsp3) is 0.214. The lowest BCUT2D eigenvalue weighted by molar-refractivity contribution is 0.384. The van der Waals surface area contributed by atoms with Crippen LogP contribution >= 0.6 is 11.6 Å². The minimum Gasteiger partial charge on any atom is -0.449 e. The molecule has 5 rings (SSSR count). The van der Waals surface area contributed by atoms with Crippen molar-refractivity contribution in [2.24, 2.45) is 5.73 Å². The summed E-state index contributed by atoms with van der Waals surface area (Å²) >= 11 is 6.02. The first-order chi connectivity index (χ1) is 19.1. The maximum absolute atomic E-state index is 13.9. The molecule has 1 aliphatic rings. The highest BCUT2D eigenvalue weighted by Gasteiger charge is 2.27. The third kappa shape index (κ3) is 5.87. The fourth-order valence-corrected chi connectivity index (χ4v) is 5.47. The Bertz CT molecular complexity index is 1690. The topological polar surface area (TPSA) is 111 Å². The van der Waals surface area contributed by atoms with Crippen LogP contribution in [0.15, 0.2) is 77.7 Å². The van der Waals surface area contributed by atoms with Gasteiger partial charge in [0.2, 0.25) is 15.8 Å². The molecular formula is C28H27ClFN5O4S. The Balaban J connectivity index is 1.49. The zero-order valence-electron chi connectivity index (χ0n) is 21.6. The number of aromatic nitrogens is 2. The lowest BCUT2D eigenvalue weighted by atomic mass is 10.0. The number of ether oxygens (including phenoxy) is 1. The molecule has 0 spiro atoms. The summed E-state index contributed by atoms with van der Waals surface area (Å²) in [5.41, 5.74) is 8.17. The molecule has 2 heterocycles. The Kier molecular flexibility index (Phi) is 7.90. The standard InChI is InChI=1S/C28H27ClFN5O4S/c1-40(37,38)34-14-12-33(13-15-34)26-18-32-35(23-7-5-22(29)6-8-23)28(36)27(26)39-24-9-2-19(3-10-24)20-4-11-25(30)21(16-20)17-31/h2-11,16,18H,12-15,17,31H2,1H3. The SMILES string of the molecule is CS(=O)(=O)N1CCN(c2cnn(-c3ccc(Cl)cc3)c(=O)c2Oc2ccc(-c3ccc(F)c(CN)c3)cc2)CC1. The zero-order valence-corrected chi connectivity index (χ0v) is 23.2. The van der Waals surface area contributed by atoms with Crippen LogP contribution in [0.2, 0.25) is 5.02 Å². The fourth-order valence-electron chi connectivity index (χ4n) is 4.52. The first-order valence-corrected chi connectivity index (χ1v) is 14.7. The van der Waals surface area contributed by atoms with Crippen LogP contribution < -0.4 is 20.9 Å². The molecule has 0 amide bonds. The van der Waals surface area contributed by atoms with Crippen LogP contribution in [-0.2, 0) is 16.6 Å². The second kappa shape index (κ2) is 11.4. The first-order valence-electron chi connectivity index (χ1n) is 12.5. The Morgan fingerprint density at radius 3 is 2.25 bits per heavy atom. The van der Waals surface area contributed by atoms with Gasteiger partial charge in [-0.15, -0.1) is 0 Å². The Morgan fingerprint density at radius 1 is 0.975 bits per heavy atom. The lowest BCUT2D eigenvalue weighted by Gasteiger charge is -2.35. The molecule has 1 saturated heterocycles. The van der Waals surface area contributed by atoms with Gasteiger partial charge in [0.05, 0.1) is 18.1 Å². The number of rotatable bonds is 7. The first kappa shape index (κ1) is 27.8. The zero-order chi connectivity index (χ0) is 28.4. The highest BCUT2D eigenvalue weighted by atomic mass is 35.5. The third-order valence-corrected chi connectivity index (χ3v) is 8.26. The minimum absolute atomic E-state index is 0.0534. The van der Waals surface area contributed by atoms with E-state index in [1.807, 2.05) is 17.0 Å². The predicted octanol–water partition coefficient (Wildman–Crippen LogP) is 4.02. The Labute approximate surface area is 236 Å². The van der Waals surface area contributed by atoms with E-state index in [2.05, 4.69) is 5.10 Å². The lowest BCUT2D eigenvalue weighted by Crippen LogP contribution is -2.48. The van der Waals surface area contributed by atoms with E-state index in [9.17, 15) is 17.6 Å². The molecule has 0 unspecified atom stereocenters. The average molecular weight is 584 g/mol. The van der Waals surface area contributed by atoms with Crippen LogP contribution in [0.1, 0.15) is 5.56 Å². The molecule has 1 aliphatic heterocycles. The summed E-state index contributed by atoms with van der Waals surface area (Å²) in [6, 6.07) is 18.5. The molecule has 12 heteroatoms. The molecular weight excluding hydrogens is 557 g/mol. The van der Waals surface area contributed by atoms with Crippen LogP contribution in [-0.4, -0.2) is 54.9 Å². The average Bonchev–Trinajstić information content (AvgIpc) is 2.95. The summed E-state index contributed by atoms with van der Waals surface area (Å²) in [7, 11) is -3.32. The molecule has 0 bridgehead atoms. The molecule has 2 N–H and O–H groups in total. The molecule has 208 valence electrons. The summed E-state index contributed by atoms with van der Waals surface area (Å²) in [6.45, 7) is 1.36. The van der Waals surface area contributed by atoms with Gasteiger partial charge in [-0.3, -0.25) is 4.79 Å². The monoisotopic (exact) mass is 583 g/mol. The molecule has 0 radical (unpaired) electrons. The van der Waals surface area contributed by atoms with E-state index in [4.69, 9.17) is 22.1 Å². The van der Waals surface area contributed by atoms with Gasteiger partial charge in [-0.05, 0) is 59.7 Å². The van der Waals surface area contributed by atoms with Gasteiger partial charge in [-0.2, -0.15) is 14.1 Å². The molecule has 40 heavy (non-hydrogen) atoms. The highest BCUT2D eigenvalue weighted by Crippen LogP contribution is 2.32. The summed E-state index contributed by atoms with van der Waals surface area (Å²) in [6.07, 6.45) is 2.72. The van der Waals surface area contributed by atoms with Gasteiger partial charge >= 0.3 is 5.56 Å². The van der Waals surface area contributed by atoms with Gasteiger partial charge in [0, 0.05) is 43.3 Å². The van der Waals surface area contributed by atoms with Crippen molar-refractivity contribution in [3.8, 4) is 28.3 Å². The summed E-state index contributed by atoms with van der Waals surface area (Å²) < 4.78 is 46.7. The second-order valence-corrected chi connectivity index (χ2v) is 11.8. The van der Waals surface area contributed by atoms with Crippen LogP contribution in [0.25, 0.3) is 16.8 Å². The number of anilines is 1.